The zero-order valence-electron chi connectivity index (χ0n) is 13.1. The van der Waals surface area contributed by atoms with Gasteiger partial charge in [-0.15, -0.1) is 0 Å². The van der Waals surface area contributed by atoms with Crippen LogP contribution in [-0.4, -0.2) is 10.8 Å². The second-order valence-electron chi connectivity index (χ2n) is 5.72. The maximum atomic E-state index is 12.7. The van der Waals surface area contributed by atoms with Crippen LogP contribution in [0, 0.1) is 16.0 Å². The predicted octanol–water partition coefficient (Wildman–Crippen LogP) is 5.28. The molecule has 0 aromatic heterocycles. The van der Waals surface area contributed by atoms with Gasteiger partial charge in [-0.1, -0.05) is 49.2 Å². The number of nitrogens with zero attached hydrogens (tertiary/aromatic N) is 1. The Balaban J connectivity index is 2.26. The van der Waals surface area contributed by atoms with Gasteiger partial charge < -0.3 is 5.32 Å². The van der Waals surface area contributed by atoms with Crippen molar-refractivity contribution in [2.45, 2.75) is 19.8 Å². The van der Waals surface area contributed by atoms with Gasteiger partial charge >= 0.3 is 0 Å². The van der Waals surface area contributed by atoms with Crippen LogP contribution in [0.1, 0.15) is 25.3 Å². The fourth-order valence-electron chi connectivity index (χ4n) is 2.49. The largest absolute Gasteiger partial charge is 0.325 e. The Morgan fingerprint density at radius 3 is 2.08 bits per heavy atom. The van der Waals surface area contributed by atoms with Crippen LogP contribution in [0.4, 0.5) is 11.4 Å². The molecule has 0 saturated heterocycles. The highest BCUT2D eigenvalue weighted by Gasteiger charge is 2.25. The zero-order valence-corrected chi connectivity index (χ0v) is 14.6. The molecule has 0 aliphatic heterocycles. The van der Waals surface area contributed by atoms with Gasteiger partial charge in [-0.25, -0.2) is 0 Å². The number of carbonyl (C=O) groups is 1. The van der Waals surface area contributed by atoms with Gasteiger partial charge in [0.2, 0.25) is 5.91 Å². The second kappa shape index (κ2) is 7.64. The van der Waals surface area contributed by atoms with Gasteiger partial charge in [-0.3, -0.25) is 14.9 Å². The summed E-state index contributed by atoms with van der Waals surface area (Å²) in [5.74, 6) is -0.679. The lowest BCUT2D eigenvalue weighted by molar-refractivity contribution is -0.384. The molecular formula is C17H16Cl2N2O3. The molecule has 0 heterocycles. The first kappa shape index (κ1) is 18.2. The third-order valence-corrected chi connectivity index (χ3v) is 3.98. The van der Waals surface area contributed by atoms with Crippen LogP contribution in [0.2, 0.25) is 10.0 Å². The second-order valence-corrected chi connectivity index (χ2v) is 6.59. The van der Waals surface area contributed by atoms with Crippen molar-refractivity contribution in [1.29, 1.82) is 0 Å². The van der Waals surface area contributed by atoms with Crippen molar-refractivity contribution in [3.63, 3.8) is 0 Å². The van der Waals surface area contributed by atoms with Crippen LogP contribution in [0.5, 0.6) is 0 Å². The maximum Gasteiger partial charge on any atom is 0.269 e. The smallest absolute Gasteiger partial charge is 0.269 e. The molecule has 1 amide bonds. The molecule has 0 spiro atoms. The van der Waals surface area contributed by atoms with Crippen molar-refractivity contribution < 1.29 is 9.72 Å². The lowest BCUT2D eigenvalue weighted by Crippen LogP contribution is -2.25. The summed E-state index contributed by atoms with van der Waals surface area (Å²) in [6, 6.07) is 10.8. The number of halogens is 2. The summed E-state index contributed by atoms with van der Waals surface area (Å²) in [5.41, 5.74) is 1.20. The number of hydrogen-bond donors (Lipinski definition) is 1. The summed E-state index contributed by atoms with van der Waals surface area (Å²) >= 11 is 11.9. The molecule has 0 fully saturated rings. The number of nitro benzene ring substituents is 1. The number of rotatable bonds is 5. The van der Waals surface area contributed by atoms with Crippen LogP contribution < -0.4 is 5.32 Å². The molecule has 5 nitrogen and oxygen atoms in total. The number of hydrogen-bond acceptors (Lipinski definition) is 3. The Labute approximate surface area is 149 Å². The summed E-state index contributed by atoms with van der Waals surface area (Å²) in [6.45, 7) is 3.83. The molecule has 0 aliphatic carbocycles. The van der Waals surface area contributed by atoms with E-state index in [9.17, 15) is 14.9 Å². The third kappa shape index (κ3) is 4.46. The number of benzene rings is 2. The lowest BCUT2D eigenvalue weighted by atomic mass is 9.87. The molecule has 0 aliphatic rings. The molecule has 1 atom stereocenters. The molecule has 0 radical (unpaired) electrons. The maximum absolute atomic E-state index is 12.7. The summed E-state index contributed by atoms with van der Waals surface area (Å²) < 4.78 is 0. The molecule has 1 unspecified atom stereocenters. The van der Waals surface area contributed by atoms with Crippen LogP contribution in [0.25, 0.3) is 0 Å². The van der Waals surface area contributed by atoms with E-state index >= 15 is 0 Å². The van der Waals surface area contributed by atoms with Crippen molar-refractivity contribution >= 4 is 40.5 Å². The van der Waals surface area contributed by atoms with Crippen LogP contribution >= 0.6 is 23.2 Å². The quantitative estimate of drug-likeness (QED) is 0.577. The minimum Gasteiger partial charge on any atom is -0.325 e. The van der Waals surface area contributed by atoms with Gasteiger partial charge in [0, 0.05) is 27.9 Å². The van der Waals surface area contributed by atoms with E-state index in [0.29, 0.717) is 21.3 Å². The molecule has 2 aromatic rings. The number of non-ortho nitro benzene ring substituents is 1. The van der Waals surface area contributed by atoms with E-state index in [4.69, 9.17) is 23.2 Å². The molecule has 2 aromatic carbocycles. The first-order chi connectivity index (χ1) is 11.3. The standard InChI is InChI=1S/C17H16Cl2N2O3/c1-10(2)16(11-3-5-15(6-4-11)21(23)24)17(22)20-14-8-12(18)7-13(19)9-14/h3-10,16H,1-2H3,(H,20,22). The minimum atomic E-state index is -0.470. The summed E-state index contributed by atoms with van der Waals surface area (Å²) in [4.78, 5) is 23.0. The molecule has 2 rings (SSSR count). The number of nitro groups is 1. The highest BCUT2D eigenvalue weighted by molar-refractivity contribution is 6.35. The van der Waals surface area contributed by atoms with E-state index in [1.165, 1.54) is 12.1 Å². The molecule has 24 heavy (non-hydrogen) atoms. The Morgan fingerprint density at radius 2 is 1.62 bits per heavy atom. The fraction of sp³-hybridized carbons (Fsp3) is 0.235. The highest BCUT2D eigenvalue weighted by Crippen LogP contribution is 2.29. The van der Waals surface area contributed by atoms with Crippen molar-refractivity contribution in [2.24, 2.45) is 5.92 Å². The fourth-order valence-corrected chi connectivity index (χ4v) is 3.01. The topological polar surface area (TPSA) is 72.2 Å². The van der Waals surface area contributed by atoms with E-state index < -0.39 is 10.8 Å². The molecule has 1 N–H and O–H groups in total. The van der Waals surface area contributed by atoms with Gasteiger partial charge in [0.1, 0.15) is 0 Å². The SMILES string of the molecule is CC(C)C(C(=O)Nc1cc(Cl)cc(Cl)c1)c1ccc([N+](=O)[O-])cc1. The van der Waals surface area contributed by atoms with E-state index in [-0.39, 0.29) is 17.5 Å². The molecule has 0 saturated carbocycles. The highest BCUT2D eigenvalue weighted by atomic mass is 35.5. The summed E-state index contributed by atoms with van der Waals surface area (Å²) in [6.07, 6.45) is 0. The van der Waals surface area contributed by atoms with Crippen LogP contribution in [-0.2, 0) is 4.79 Å². The Kier molecular flexibility index (Phi) is 5.80. The average Bonchev–Trinajstić information content (AvgIpc) is 2.46. The Hall–Kier alpha value is -2.11. The van der Waals surface area contributed by atoms with Gasteiger partial charge in [-0.05, 0) is 29.7 Å². The molecular weight excluding hydrogens is 351 g/mol. The zero-order chi connectivity index (χ0) is 17.9. The average molecular weight is 367 g/mol. The first-order valence-electron chi connectivity index (χ1n) is 7.29. The Bertz CT molecular complexity index is 741. The third-order valence-electron chi connectivity index (χ3n) is 3.54. The number of anilines is 1. The monoisotopic (exact) mass is 366 g/mol. The van der Waals surface area contributed by atoms with Gasteiger partial charge in [0.25, 0.3) is 5.69 Å². The van der Waals surface area contributed by atoms with Gasteiger partial charge in [0.05, 0.1) is 10.8 Å². The number of amides is 1. The Morgan fingerprint density at radius 1 is 1.08 bits per heavy atom. The molecule has 126 valence electrons. The van der Waals surface area contributed by atoms with E-state index in [2.05, 4.69) is 5.32 Å². The van der Waals surface area contributed by atoms with Gasteiger partial charge in [-0.2, -0.15) is 0 Å². The molecule has 7 heteroatoms. The first-order valence-corrected chi connectivity index (χ1v) is 8.05. The van der Waals surface area contributed by atoms with E-state index in [1.54, 1.807) is 30.3 Å². The predicted molar refractivity (Wildman–Crippen MR) is 95.8 cm³/mol. The van der Waals surface area contributed by atoms with E-state index in [1.807, 2.05) is 13.8 Å². The van der Waals surface area contributed by atoms with Crippen molar-refractivity contribution in [3.05, 3.63) is 68.2 Å². The van der Waals surface area contributed by atoms with E-state index in [0.717, 1.165) is 0 Å². The minimum absolute atomic E-state index is 0.00103. The van der Waals surface area contributed by atoms with Crippen molar-refractivity contribution in [1.82, 2.24) is 0 Å². The van der Waals surface area contributed by atoms with Crippen LogP contribution in [0.15, 0.2) is 42.5 Å². The van der Waals surface area contributed by atoms with Crippen molar-refractivity contribution in [2.75, 3.05) is 5.32 Å². The summed E-state index contributed by atoms with van der Waals surface area (Å²) in [7, 11) is 0. The normalized spacial score (nSPS) is 12.0. The number of carbonyl (C=O) groups excluding carboxylic acids is 1. The molecule has 0 bridgehead atoms. The summed E-state index contributed by atoms with van der Waals surface area (Å²) in [5, 5.41) is 14.4. The number of nitrogens with one attached hydrogen (secondary N) is 1. The van der Waals surface area contributed by atoms with Crippen molar-refractivity contribution in [3.8, 4) is 0 Å². The lowest BCUT2D eigenvalue weighted by Gasteiger charge is -2.21. The van der Waals surface area contributed by atoms with Crippen LogP contribution in [0.3, 0.4) is 0 Å². The van der Waals surface area contributed by atoms with Gasteiger partial charge in [0.15, 0.2) is 0 Å².